The Morgan fingerprint density at radius 2 is 1.00 bits per heavy atom. The van der Waals surface area contributed by atoms with Crippen molar-refractivity contribution in [3.8, 4) is 0 Å². The molecule has 0 radical (unpaired) electrons. The first-order valence-corrected chi connectivity index (χ1v) is 14.6. The zero-order valence-corrected chi connectivity index (χ0v) is 23.5. The third kappa shape index (κ3) is 45.1. The molecule has 34 heavy (non-hydrogen) atoms. The van der Waals surface area contributed by atoms with Gasteiger partial charge in [-0.1, -0.05) is 110 Å². The van der Waals surface area contributed by atoms with Crippen LogP contribution in [0.4, 0.5) is 0 Å². The number of rotatable bonds is 24. The van der Waals surface area contributed by atoms with E-state index in [4.69, 9.17) is 26.6 Å². The molecule has 0 aliphatic carbocycles. The summed E-state index contributed by atoms with van der Waals surface area (Å²) in [6, 6.07) is 0. The lowest BCUT2D eigenvalue weighted by Gasteiger charge is -2.12. The SMILES string of the molecule is CCCCCCCCCCC(C)OCCCO.OCCCO.[CH+]=CCCCCCCCCCC. The van der Waals surface area contributed by atoms with Crippen molar-refractivity contribution < 1.29 is 20.1 Å². The Hall–Kier alpha value is -0.510. The van der Waals surface area contributed by atoms with Crippen LogP contribution < -0.4 is 0 Å². The van der Waals surface area contributed by atoms with E-state index in [0.717, 1.165) is 12.8 Å². The van der Waals surface area contributed by atoms with Gasteiger partial charge in [-0.25, -0.2) is 0 Å². The highest BCUT2D eigenvalue weighted by Crippen LogP contribution is 2.12. The Kier molecular flexibility index (Phi) is 44.4. The summed E-state index contributed by atoms with van der Waals surface area (Å²) in [5.74, 6) is 0. The van der Waals surface area contributed by atoms with Crippen LogP contribution in [0.3, 0.4) is 0 Å². The maximum absolute atomic E-state index is 8.63. The van der Waals surface area contributed by atoms with Crippen molar-refractivity contribution in [1.29, 1.82) is 0 Å². The highest BCUT2D eigenvalue weighted by atomic mass is 16.5. The van der Waals surface area contributed by atoms with E-state index in [1.54, 1.807) is 6.08 Å². The molecule has 0 aromatic carbocycles. The molecule has 0 fully saturated rings. The molecule has 0 aliphatic heterocycles. The van der Waals surface area contributed by atoms with Crippen LogP contribution in [0, 0.1) is 6.58 Å². The van der Waals surface area contributed by atoms with Gasteiger partial charge in [0.1, 0.15) is 0 Å². The van der Waals surface area contributed by atoms with Gasteiger partial charge in [-0.2, -0.15) is 0 Å². The van der Waals surface area contributed by atoms with Crippen LogP contribution >= 0.6 is 0 Å². The quantitative estimate of drug-likeness (QED) is 0.0948. The lowest BCUT2D eigenvalue weighted by molar-refractivity contribution is 0.0490. The van der Waals surface area contributed by atoms with E-state index in [0.29, 0.717) is 19.1 Å². The van der Waals surface area contributed by atoms with Crippen LogP contribution in [0.5, 0.6) is 0 Å². The second-order valence-electron chi connectivity index (χ2n) is 9.32. The predicted octanol–water partition coefficient (Wildman–Crippen LogP) is 8.17. The third-order valence-corrected chi connectivity index (χ3v) is 5.71. The predicted molar refractivity (Wildman–Crippen MR) is 149 cm³/mol. The Bertz CT molecular complexity index is 321. The molecule has 4 heteroatoms. The van der Waals surface area contributed by atoms with Crippen LogP contribution in [0.25, 0.3) is 0 Å². The average Bonchev–Trinajstić information content (AvgIpc) is 2.84. The molecule has 206 valence electrons. The highest BCUT2D eigenvalue weighted by molar-refractivity contribution is 4.61. The number of hydrogen-bond donors (Lipinski definition) is 3. The van der Waals surface area contributed by atoms with Gasteiger partial charge in [-0.05, 0) is 32.6 Å². The van der Waals surface area contributed by atoms with Crippen molar-refractivity contribution in [2.75, 3.05) is 26.4 Å². The van der Waals surface area contributed by atoms with Crippen molar-refractivity contribution >= 4 is 0 Å². The minimum atomic E-state index is 0.0938. The number of allylic oxidation sites excluding steroid dienone is 1. The molecular formula is C30H63O4+. The topological polar surface area (TPSA) is 69.9 Å². The van der Waals surface area contributed by atoms with Crippen LogP contribution in [-0.4, -0.2) is 47.9 Å². The molecule has 0 aromatic rings. The van der Waals surface area contributed by atoms with Gasteiger partial charge >= 0.3 is 0 Å². The molecule has 0 heterocycles. The maximum atomic E-state index is 8.63. The summed E-state index contributed by atoms with van der Waals surface area (Å²) in [6.45, 7) is 13.1. The Morgan fingerprint density at radius 1 is 0.588 bits per heavy atom. The minimum absolute atomic E-state index is 0.0938. The fourth-order valence-corrected chi connectivity index (χ4v) is 3.46. The van der Waals surface area contributed by atoms with Gasteiger partial charge < -0.3 is 20.1 Å². The van der Waals surface area contributed by atoms with E-state index in [1.807, 2.05) is 0 Å². The van der Waals surface area contributed by atoms with Gasteiger partial charge in [0.05, 0.1) is 6.10 Å². The van der Waals surface area contributed by atoms with Crippen molar-refractivity contribution in [2.45, 2.75) is 155 Å². The number of ether oxygens (including phenoxy) is 1. The summed E-state index contributed by atoms with van der Waals surface area (Å²) in [4.78, 5) is 0. The van der Waals surface area contributed by atoms with E-state index in [2.05, 4.69) is 20.8 Å². The summed E-state index contributed by atoms with van der Waals surface area (Å²) < 4.78 is 5.58. The summed E-state index contributed by atoms with van der Waals surface area (Å²) in [6.07, 6.45) is 27.7. The van der Waals surface area contributed by atoms with Gasteiger partial charge in [0.25, 0.3) is 0 Å². The van der Waals surface area contributed by atoms with Gasteiger partial charge in [0.15, 0.2) is 6.08 Å². The molecule has 3 N–H and O–H groups in total. The molecule has 4 nitrogen and oxygen atoms in total. The average molecular weight is 488 g/mol. The first kappa shape index (κ1) is 38.0. The van der Waals surface area contributed by atoms with E-state index in [-0.39, 0.29) is 19.8 Å². The van der Waals surface area contributed by atoms with Gasteiger partial charge in [0, 0.05) is 32.8 Å². The van der Waals surface area contributed by atoms with Crippen molar-refractivity contribution in [1.82, 2.24) is 0 Å². The van der Waals surface area contributed by atoms with Gasteiger partial charge in [-0.3, -0.25) is 0 Å². The Morgan fingerprint density at radius 3 is 1.38 bits per heavy atom. The van der Waals surface area contributed by atoms with Gasteiger partial charge in [0.2, 0.25) is 6.58 Å². The number of aliphatic hydroxyl groups is 3. The molecule has 0 spiro atoms. The standard InChI is InChI=1S/C15H32O2.C12H23.C3H8O2/c1-3-4-5-6-7-8-9-10-12-15(2)17-14-11-13-16;1-3-5-7-9-11-12-10-8-6-4-2;4-2-1-3-5/h15-16H,3-14H2,1-2H3;1,3H,4-12H2,2H3;4-5H,1-3H2/q;+1;. The summed E-state index contributed by atoms with van der Waals surface area (Å²) in [5, 5.41) is 24.4. The molecule has 0 aromatic heterocycles. The monoisotopic (exact) mass is 487 g/mol. The van der Waals surface area contributed by atoms with E-state index in [1.165, 1.54) is 109 Å². The number of unbranched alkanes of at least 4 members (excludes halogenated alkanes) is 15. The van der Waals surface area contributed by atoms with E-state index in [9.17, 15) is 0 Å². The molecule has 0 bridgehead atoms. The number of aliphatic hydroxyl groups excluding tert-OH is 3. The van der Waals surface area contributed by atoms with Gasteiger partial charge in [-0.15, -0.1) is 0 Å². The number of hydrogen-bond acceptors (Lipinski definition) is 4. The second-order valence-corrected chi connectivity index (χ2v) is 9.32. The zero-order valence-electron chi connectivity index (χ0n) is 23.5. The highest BCUT2D eigenvalue weighted by Gasteiger charge is 2.01. The summed E-state index contributed by atoms with van der Waals surface area (Å²) in [5.41, 5.74) is 0. The van der Waals surface area contributed by atoms with E-state index >= 15 is 0 Å². The molecule has 0 rings (SSSR count). The molecule has 0 amide bonds. The zero-order chi connectivity index (χ0) is 26.0. The molecule has 0 saturated heterocycles. The van der Waals surface area contributed by atoms with Crippen LogP contribution in [0.15, 0.2) is 6.08 Å². The first-order valence-electron chi connectivity index (χ1n) is 14.6. The minimum Gasteiger partial charge on any atom is -0.396 e. The summed E-state index contributed by atoms with van der Waals surface area (Å²) >= 11 is 0. The molecule has 1 unspecified atom stereocenters. The smallest absolute Gasteiger partial charge is 0.201 e. The molecule has 1 atom stereocenters. The van der Waals surface area contributed by atoms with Crippen molar-refractivity contribution in [2.24, 2.45) is 0 Å². The lowest BCUT2D eigenvalue weighted by atomic mass is 10.1. The molecule has 0 saturated carbocycles. The Labute approximate surface area is 214 Å². The van der Waals surface area contributed by atoms with Crippen molar-refractivity contribution in [3.63, 3.8) is 0 Å². The maximum Gasteiger partial charge on any atom is 0.201 e. The van der Waals surface area contributed by atoms with Crippen molar-refractivity contribution in [3.05, 3.63) is 12.7 Å². The van der Waals surface area contributed by atoms with Crippen LogP contribution in [0.1, 0.15) is 149 Å². The largest absolute Gasteiger partial charge is 0.396 e. The summed E-state index contributed by atoms with van der Waals surface area (Å²) in [7, 11) is 0. The normalized spacial score (nSPS) is 11.2. The fraction of sp³-hybridized carbons (Fsp3) is 0.933. The van der Waals surface area contributed by atoms with Crippen LogP contribution in [0.2, 0.25) is 0 Å². The third-order valence-electron chi connectivity index (χ3n) is 5.71. The van der Waals surface area contributed by atoms with E-state index < -0.39 is 0 Å². The van der Waals surface area contributed by atoms with Crippen LogP contribution in [-0.2, 0) is 4.74 Å². The fourth-order valence-electron chi connectivity index (χ4n) is 3.46. The molecular weight excluding hydrogens is 424 g/mol. The Balaban J connectivity index is -0.000000490. The lowest BCUT2D eigenvalue weighted by Crippen LogP contribution is -2.09. The second kappa shape index (κ2) is 39.7. The first-order chi connectivity index (χ1) is 16.6. The molecule has 0 aliphatic rings.